The Hall–Kier alpha value is -2.85. The molecule has 4 nitrogen and oxygen atoms in total. The molecule has 4 rings (SSSR count). The average Bonchev–Trinajstić information content (AvgIpc) is 3.01. The summed E-state index contributed by atoms with van der Waals surface area (Å²) in [6.45, 7) is 0. The van der Waals surface area contributed by atoms with Crippen LogP contribution >= 0.6 is 11.6 Å². The largest absolute Gasteiger partial charge is 0.438 e. The molecule has 0 fully saturated rings. The fourth-order valence-corrected chi connectivity index (χ4v) is 2.54. The van der Waals surface area contributed by atoms with Gasteiger partial charge in [0.2, 0.25) is 5.71 Å². The lowest BCUT2D eigenvalue weighted by atomic mass is 10.1. The van der Waals surface area contributed by atoms with Crippen molar-refractivity contribution in [3.63, 3.8) is 0 Å². The first-order valence-corrected chi connectivity index (χ1v) is 7.44. The molecular formula is C18H11ClN2O2. The van der Waals surface area contributed by atoms with Gasteiger partial charge < -0.3 is 4.42 Å². The van der Waals surface area contributed by atoms with Crippen LogP contribution in [0.15, 0.2) is 75.9 Å². The number of benzene rings is 2. The molecule has 0 aliphatic carbocycles. The summed E-state index contributed by atoms with van der Waals surface area (Å²) in [6, 6.07) is 20.0. The molecule has 2 aromatic heterocycles. The van der Waals surface area contributed by atoms with Gasteiger partial charge in [-0.25, -0.2) is 0 Å². The van der Waals surface area contributed by atoms with Crippen molar-refractivity contribution in [2.75, 3.05) is 0 Å². The topological polar surface area (TPSA) is 47.5 Å². The van der Waals surface area contributed by atoms with E-state index in [0.717, 1.165) is 11.1 Å². The molecule has 0 bridgehead atoms. The summed E-state index contributed by atoms with van der Waals surface area (Å²) >= 11 is 5.89. The van der Waals surface area contributed by atoms with Crippen LogP contribution in [0.4, 0.5) is 0 Å². The smallest absolute Gasteiger partial charge is 0.277 e. The lowest BCUT2D eigenvalue weighted by molar-refractivity contribution is 0.577. The van der Waals surface area contributed by atoms with Gasteiger partial charge in [0, 0.05) is 28.3 Å². The minimum absolute atomic E-state index is 0.238. The van der Waals surface area contributed by atoms with Crippen LogP contribution in [0.25, 0.3) is 28.3 Å². The number of nitrogens with zero attached hydrogens (tertiary/aromatic N) is 2. The van der Waals surface area contributed by atoms with Gasteiger partial charge in [-0.2, -0.15) is 9.61 Å². The minimum Gasteiger partial charge on any atom is -0.438 e. The predicted molar refractivity (Wildman–Crippen MR) is 89.6 cm³/mol. The van der Waals surface area contributed by atoms with E-state index < -0.39 is 0 Å². The van der Waals surface area contributed by atoms with Gasteiger partial charge in [0.15, 0.2) is 0 Å². The molecule has 0 unspecified atom stereocenters. The Morgan fingerprint density at radius 1 is 0.913 bits per heavy atom. The van der Waals surface area contributed by atoms with Crippen LogP contribution in [0.3, 0.4) is 0 Å². The third kappa shape index (κ3) is 2.53. The molecule has 112 valence electrons. The highest BCUT2D eigenvalue weighted by molar-refractivity contribution is 6.30. The third-order valence-electron chi connectivity index (χ3n) is 3.55. The molecule has 0 saturated heterocycles. The molecule has 2 aromatic carbocycles. The van der Waals surface area contributed by atoms with E-state index in [1.807, 2.05) is 42.5 Å². The van der Waals surface area contributed by atoms with Crippen molar-refractivity contribution in [1.82, 2.24) is 9.61 Å². The first kappa shape index (κ1) is 13.8. The van der Waals surface area contributed by atoms with Gasteiger partial charge in [-0.3, -0.25) is 4.79 Å². The van der Waals surface area contributed by atoms with Gasteiger partial charge >= 0.3 is 0 Å². The second-order valence-electron chi connectivity index (χ2n) is 5.10. The maximum atomic E-state index is 12.3. The highest BCUT2D eigenvalue weighted by Gasteiger charge is 2.11. The first-order valence-electron chi connectivity index (χ1n) is 7.06. The van der Waals surface area contributed by atoms with E-state index >= 15 is 0 Å². The van der Waals surface area contributed by atoms with E-state index in [4.69, 9.17) is 16.0 Å². The monoisotopic (exact) mass is 322 g/mol. The number of fused-ring (bicyclic) bond motifs is 1. The molecular weight excluding hydrogens is 312 g/mol. The third-order valence-corrected chi connectivity index (χ3v) is 3.80. The quantitative estimate of drug-likeness (QED) is 0.553. The normalized spacial score (nSPS) is 11.0. The zero-order valence-electron chi connectivity index (χ0n) is 11.9. The van der Waals surface area contributed by atoms with Crippen LogP contribution < -0.4 is 5.56 Å². The zero-order chi connectivity index (χ0) is 15.8. The molecule has 4 aromatic rings. The van der Waals surface area contributed by atoms with Gasteiger partial charge in [-0.05, 0) is 24.3 Å². The summed E-state index contributed by atoms with van der Waals surface area (Å²) in [5.41, 5.74) is 2.58. The Morgan fingerprint density at radius 3 is 2.39 bits per heavy atom. The number of aromatic nitrogens is 2. The Morgan fingerprint density at radius 2 is 1.65 bits per heavy atom. The fourth-order valence-electron chi connectivity index (χ4n) is 2.42. The van der Waals surface area contributed by atoms with Crippen molar-refractivity contribution in [2.24, 2.45) is 0 Å². The fraction of sp³-hybridized carbons (Fsp3) is 0. The summed E-state index contributed by atoms with van der Waals surface area (Å²) < 4.78 is 7.09. The second-order valence-corrected chi connectivity index (χ2v) is 5.54. The molecule has 2 heterocycles. The molecule has 0 atom stereocenters. The Kier molecular flexibility index (Phi) is 3.24. The highest BCUT2D eigenvalue weighted by atomic mass is 35.5. The van der Waals surface area contributed by atoms with Crippen LogP contribution in [0.1, 0.15) is 0 Å². The van der Waals surface area contributed by atoms with Crippen molar-refractivity contribution in [1.29, 1.82) is 0 Å². The highest BCUT2D eigenvalue weighted by Crippen LogP contribution is 2.24. The maximum absolute atomic E-state index is 12.3. The molecule has 0 spiro atoms. The second kappa shape index (κ2) is 5.41. The Labute approximate surface area is 136 Å². The van der Waals surface area contributed by atoms with E-state index in [2.05, 4.69) is 5.10 Å². The van der Waals surface area contributed by atoms with E-state index in [0.29, 0.717) is 22.2 Å². The van der Waals surface area contributed by atoms with Crippen molar-refractivity contribution < 1.29 is 4.42 Å². The average molecular weight is 323 g/mol. The van der Waals surface area contributed by atoms with Crippen LogP contribution in [0.5, 0.6) is 0 Å². The Bertz CT molecular complexity index is 1030. The van der Waals surface area contributed by atoms with Gasteiger partial charge in [0.25, 0.3) is 5.56 Å². The van der Waals surface area contributed by atoms with E-state index in [1.165, 1.54) is 10.6 Å². The zero-order valence-corrected chi connectivity index (χ0v) is 12.7. The van der Waals surface area contributed by atoms with Crippen molar-refractivity contribution in [2.45, 2.75) is 0 Å². The predicted octanol–water partition coefficient (Wildman–Crippen LogP) is 4.27. The summed E-state index contributed by atoms with van der Waals surface area (Å²) in [6.07, 6.45) is 0. The van der Waals surface area contributed by atoms with Crippen LogP contribution in [0, 0.1) is 0 Å². The summed E-state index contributed by atoms with van der Waals surface area (Å²) in [5.74, 6) is 0.485. The van der Waals surface area contributed by atoms with Crippen molar-refractivity contribution in [3.8, 4) is 22.6 Å². The maximum Gasteiger partial charge on any atom is 0.277 e. The number of halogens is 1. The molecule has 5 heteroatoms. The lowest BCUT2D eigenvalue weighted by Gasteiger charge is -2.00. The van der Waals surface area contributed by atoms with Gasteiger partial charge in [0.1, 0.15) is 5.76 Å². The van der Waals surface area contributed by atoms with Gasteiger partial charge in [-0.1, -0.05) is 41.9 Å². The summed E-state index contributed by atoms with van der Waals surface area (Å²) in [4.78, 5) is 12.3. The number of rotatable bonds is 2. The van der Waals surface area contributed by atoms with Crippen LogP contribution in [-0.2, 0) is 0 Å². The van der Waals surface area contributed by atoms with Gasteiger partial charge in [0.05, 0.1) is 5.69 Å². The van der Waals surface area contributed by atoms with E-state index in [-0.39, 0.29) is 5.56 Å². The molecule has 0 aliphatic rings. The molecule has 0 radical (unpaired) electrons. The SMILES string of the molecule is O=c1cc(-c2ccc(Cl)cc2)oc2cc(-c3ccccc3)nn12. The van der Waals surface area contributed by atoms with Crippen molar-refractivity contribution in [3.05, 3.63) is 82.1 Å². The molecule has 0 N–H and O–H groups in total. The molecule has 23 heavy (non-hydrogen) atoms. The summed E-state index contributed by atoms with van der Waals surface area (Å²) in [5, 5.41) is 4.95. The van der Waals surface area contributed by atoms with E-state index in [9.17, 15) is 4.79 Å². The van der Waals surface area contributed by atoms with E-state index in [1.54, 1.807) is 18.2 Å². The van der Waals surface area contributed by atoms with Crippen LogP contribution in [0.2, 0.25) is 5.02 Å². The molecule has 0 amide bonds. The van der Waals surface area contributed by atoms with Gasteiger partial charge in [-0.15, -0.1) is 0 Å². The van der Waals surface area contributed by atoms with Crippen LogP contribution in [-0.4, -0.2) is 9.61 Å². The summed E-state index contributed by atoms with van der Waals surface area (Å²) in [7, 11) is 0. The number of hydrogen-bond acceptors (Lipinski definition) is 3. The Balaban J connectivity index is 1.87. The minimum atomic E-state index is -0.238. The number of hydrogen-bond donors (Lipinski definition) is 0. The molecule has 0 aliphatic heterocycles. The first-order chi connectivity index (χ1) is 11.2. The standard InChI is InChI=1S/C18H11ClN2O2/c19-14-8-6-13(7-9-14)16-11-17(22)21-18(23-16)10-15(20-21)12-4-2-1-3-5-12/h1-11H. The van der Waals surface area contributed by atoms with Crippen molar-refractivity contribution >= 4 is 17.3 Å². The lowest BCUT2D eigenvalue weighted by Crippen LogP contribution is -2.12. The molecule has 0 saturated carbocycles.